The maximum absolute atomic E-state index is 14.4. The van der Waals surface area contributed by atoms with E-state index in [0.29, 0.717) is 18.8 Å². The van der Waals surface area contributed by atoms with Crippen molar-refractivity contribution in [2.75, 3.05) is 23.7 Å². The number of sulfonamides is 1. The number of halogens is 1. The fraction of sp³-hybridized carbons (Fsp3) is 0.440. The lowest BCUT2D eigenvalue weighted by Gasteiger charge is -2.32. The van der Waals surface area contributed by atoms with Gasteiger partial charge in [-0.3, -0.25) is 13.9 Å². The summed E-state index contributed by atoms with van der Waals surface area (Å²) in [6.45, 7) is 6.83. The van der Waals surface area contributed by atoms with Crippen LogP contribution in [0.15, 0.2) is 48.5 Å². The van der Waals surface area contributed by atoms with Crippen LogP contribution < -0.4 is 14.4 Å². The molecule has 0 aliphatic heterocycles. The normalized spacial score (nSPS) is 13.0. The van der Waals surface area contributed by atoms with Crippen molar-refractivity contribution in [2.24, 2.45) is 0 Å². The van der Waals surface area contributed by atoms with E-state index in [1.165, 1.54) is 30.0 Å². The van der Waals surface area contributed by atoms with Crippen LogP contribution in [0.2, 0.25) is 0 Å². The second-order valence-corrected chi connectivity index (χ2v) is 10.2. The fourth-order valence-corrected chi connectivity index (χ4v) is 4.20. The number of amides is 2. The van der Waals surface area contributed by atoms with Gasteiger partial charge in [-0.1, -0.05) is 25.1 Å². The molecule has 192 valence electrons. The van der Waals surface area contributed by atoms with Crippen molar-refractivity contribution in [3.8, 4) is 5.75 Å². The van der Waals surface area contributed by atoms with Crippen molar-refractivity contribution in [2.45, 2.75) is 52.7 Å². The number of ether oxygens (including phenoxy) is 1. The van der Waals surface area contributed by atoms with Gasteiger partial charge in [-0.2, -0.15) is 0 Å². The van der Waals surface area contributed by atoms with Crippen molar-refractivity contribution < 1.29 is 27.1 Å². The monoisotopic (exact) mass is 507 g/mol. The topological polar surface area (TPSA) is 96.0 Å². The Kier molecular flexibility index (Phi) is 10.1. The third kappa shape index (κ3) is 7.95. The molecule has 0 spiro atoms. The molecule has 2 rings (SSSR count). The average molecular weight is 508 g/mol. The fourth-order valence-electron chi connectivity index (χ4n) is 3.35. The summed E-state index contributed by atoms with van der Waals surface area (Å²) in [4.78, 5) is 27.5. The number of nitrogens with zero attached hydrogens (tertiary/aromatic N) is 2. The van der Waals surface area contributed by atoms with Gasteiger partial charge in [-0.25, -0.2) is 12.8 Å². The number of hydrogen-bond acceptors (Lipinski definition) is 5. The lowest BCUT2D eigenvalue weighted by Crippen LogP contribution is -2.52. The van der Waals surface area contributed by atoms with Crippen LogP contribution in [0, 0.1) is 5.82 Å². The first-order valence-electron chi connectivity index (χ1n) is 11.5. The summed E-state index contributed by atoms with van der Waals surface area (Å²) in [5.74, 6) is -1.01. The Morgan fingerprint density at radius 2 is 1.69 bits per heavy atom. The minimum Gasteiger partial charge on any atom is -0.494 e. The summed E-state index contributed by atoms with van der Waals surface area (Å²) in [6, 6.07) is 11.2. The first kappa shape index (κ1) is 28.1. The number of nitrogens with one attached hydrogen (secondary N) is 1. The van der Waals surface area contributed by atoms with Gasteiger partial charge in [0.05, 0.1) is 18.6 Å². The second-order valence-electron chi connectivity index (χ2n) is 8.30. The summed E-state index contributed by atoms with van der Waals surface area (Å²) in [5.41, 5.74) is 0.489. The number of hydrogen-bond donors (Lipinski definition) is 1. The second kappa shape index (κ2) is 12.5. The first-order chi connectivity index (χ1) is 16.5. The molecule has 0 heterocycles. The van der Waals surface area contributed by atoms with E-state index in [-0.39, 0.29) is 23.8 Å². The smallest absolute Gasteiger partial charge is 0.244 e. The SMILES string of the molecule is CCOc1ccc(N(CC(=O)N(Cc2ccccc2F)[C@@H](C)C(=O)N[C@@H](C)CC)S(C)(=O)=O)cc1. The molecule has 0 fully saturated rings. The Labute approximate surface area is 207 Å². The van der Waals surface area contributed by atoms with Crippen LogP contribution in [0.3, 0.4) is 0 Å². The Morgan fingerprint density at radius 3 is 2.23 bits per heavy atom. The summed E-state index contributed by atoms with van der Waals surface area (Å²) >= 11 is 0. The van der Waals surface area contributed by atoms with Crippen molar-refractivity contribution >= 4 is 27.5 Å². The maximum atomic E-state index is 14.4. The number of carbonyl (C=O) groups excluding carboxylic acids is 2. The standard InChI is InChI=1S/C25H34FN3O5S/c1-6-18(3)27-25(31)19(4)28(16-20-10-8-9-11-23(20)26)24(30)17-29(35(5,32)33)21-12-14-22(15-13-21)34-7-2/h8-15,18-19H,6-7,16-17H2,1-5H3,(H,27,31)/t18-,19-/m0/s1. The van der Waals surface area contributed by atoms with Gasteiger partial charge in [0, 0.05) is 18.2 Å². The van der Waals surface area contributed by atoms with E-state index in [9.17, 15) is 22.4 Å². The zero-order valence-corrected chi connectivity index (χ0v) is 21.6. The van der Waals surface area contributed by atoms with Crippen LogP contribution in [0.4, 0.5) is 10.1 Å². The van der Waals surface area contributed by atoms with Crippen LogP contribution in [0.5, 0.6) is 5.75 Å². The first-order valence-corrected chi connectivity index (χ1v) is 13.4. The molecular weight excluding hydrogens is 473 g/mol. The van der Waals surface area contributed by atoms with Gasteiger partial charge < -0.3 is 15.0 Å². The van der Waals surface area contributed by atoms with E-state index in [2.05, 4.69) is 5.32 Å². The highest BCUT2D eigenvalue weighted by Crippen LogP contribution is 2.23. The van der Waals surface area contributed by atoms with Crippen LogP contribution in [-0.2, 0) is 26.2 Å². The largest absolute Gasteiger partial charge is 0.494 e. The molecule has 2 amide bonds. The van der Waals surface area contributed by atoms with E-state index < -0.39 is 40.2 Å². The number of benzene rings is 2. The molecule has 0 saturated heterocycles. The Morgan fingerprint density at radius 1 is 1.06 bits per heavy atom. The summed E-state index contributed by atoms with van der Waals surface area (Å²) in [7, 11) is -3.85. The van der Waals surface area contributed by atoms with Crippen molar-refractivity contribution in [3.05, 3.63) is 59.9 Å². The Balaban J connectivity index is 2.38. The maximum Gasteiger partial charge on any atom is 0.244 e. The predicted octanol–water partition coefficient (Wildman–Crippen LogP) is 3.32. The molecule has 0 unspecified atom stereocenters. The highest BCUT2D eigenvalue weighted by atomic mass is 32.2. The average Bonchev–Trinajstić information content (AvgIpc) is 2.81. The molecule has 0 aromatic heterocycles. The molecule has 0 aliphatic carbocycles. The van der Waals surface area contributed by atoms with Gasteiger partial charge in [0.2, 0.25) is 21.8 Å². The van der Waals surface area contributed by atoms with Gasteiger partial charge in [0.1, 0.15) is 24.2 Å². The zero-order valence-electron chi connectivity index (χ0n) is 20.8. The van der Waals surface area contributed by atoms with E-state index in [4.69, 9.17) is 4.74 Å². The summed E-state index contributed by atoms with van der Waals surface area (Å²) < 4.78 is 45.9. The van der Waals surface area contributed by atoms with Crippen LogP contribution in [0.1, 0.15) is 39.7 Å². The third-order valence-electron chi connectivity index (χ3n) is 5.58. The molecule has 0 radical (unpaired) electrons. The van der Waals surface area contributed by atoms with Gasteiger partial charge in [0.25, 0.3) is 0 Å². The summed E-state index contributed by atoms with van der Waals surface area (Å²) in [5, 5.41) is 2.83. The highest BCUT2D eigenvalue weighted by molar-refractivity contribution is 7.92. The van der Waals surface area contributed by atoms with Crippen molar-refractivity contribution in [1.82, 2.24) is 10.2 Å². The van der Waals surface area contributed by atoms with Gasteiger partial charge >= 0.3 is 0 Å². The lowest BCUT2D eigenvalue weighted by molar-refractivity contribution is -0.139. The molecular formula is C25H34FN3O5S. The molecule has 0 bridgehead atoms. The Hall–Kier alpha value is -3.14. The third-order valence-corrected chi connectivity index (χ3v) is 6.72. The predicted molar refractivity (Wildman–Crippen MR) is 134 cm³/mol. The van der Waals surface area contributed by atoms with E-state index in [0.717, 1.165) is 10.6 Å². The quantitative estimate of drug-likeness (QED) is 0.476. The van der Waals surface area contributed by atoms with E-state index in [1.807, 2.05) is 20.8 Å². The molecule has 0 aliphatic rings. The lowest BCUT2D eigenvalue weighted by atomic mass is 10.1. The molecule has 10 heteroatoms. The van der Waals surface area contributed by atoms with E-state index in [1.54, 1.807) is 30.3 Å². The Bertz CT molecular complexity index is 1110. The molecule has 2 aromatic carbocycles. The minimum atomic E-state index is -3.85. The number of rotatable bonds is 12. The number of anilines is 1. The van der Waals surface area contributed by atoms with Gasteiger partial charge in [0.15, 0.2) is 0 Å². The molecule has 35 heavy (non-hydrogen) atoms. The van der Waals surface area contributed by atoms with Crippen LogP contribution >= 0.6 is 0 Å². The molecule has 2 atom stereocenters. The van der Waals surface area contributed by atoms with Gasteiger partial charge in [-0.05, 0) is 57.5 Å². The van der Waals surface area contributed by atoms with Crippen molar-refractivity contribution in [3.63, 3.8) is 0 Å². The van der Waals surface area contributed by atoms with Gasteiger partial charge in [-0.15, -0.1) is 0 Å². The van der Waals surface area contributed by atoms with Crippen LogP contribution in [-0.4, -0.2) is 56.6 Å². The molecule has 1 N–H and O–H groups in total. The molecule has 2 aromatic rings. The van der Waals surface area contributed by atoms with Crippen molar-refractivity contribution in [1.29, 1.82) is 0 Å². The number of carbonyl (C=O) groups is 2. The van der Waals surface area contributed by atoms with Crippen LogP contribution in [0.25, 0.3) is 0 Å². The zero-order chi connectivity index (χ0) is 26.2. The minimum absolute atomic E-state index is 0.119. The highest BCUT2D eigenvalue weighted by Gasteiger charge is 2.31. The molecule has 8 nitrogen and oxygen atoms in total. The van der Waals surface area contributed by atoms with E-state index >= 15 is 0 Å². The molecule has 0 saturated carbocycles. The summed E-state index contributed by atoms with van der Waals surface area (Å²) in [6.07, 6.45) is 1.69.